The van der Waals surface area contributed by atoms with Crippen LogP contribution in [0.15, 0.2) is 0 Å². The second-order valence-electron chi connectivity index (χ2n) is 15.2. The van der Waals surface area contributed by atoms with Gasteiger partial charge in [-0.1, -0.05) is 34.1 Å². The maximum absolute atomic E-state index is 11.8. The third kappa shape index (κ3) is 22.5. The van der Waals surface area contributed by atoms with Gasteiger partial charge in [0.05, 0.1) is 0 Å². The number of hydrogen-bond donors (Lipinski definition) is 3. The lowest BCUT2D eigenvalue weighted by atomic mass is 9.98. The van der Waals surface area contributed by atoms with E-state index in [1.165, 1.54) is 32.1 Å². The molecule has 3 atom stereocenters. The predicted octanol–water partition coefficient (Wildman–Crippen LogP) is 6.99. The Morgan fingerprint density at radius 2 is 0.956 bits per heavy atom. The first-order valence-electron chi connectivity index (χ1n) is 17.7. The summed E-state index contributed by atoms with van der Waals surface area (Å²) in [6.07, 6.45) is 12.4. The highest BCUT2D eigenvalue weighted by Gasteiger charge is 2.26. The van der Waals surface area contributed by atoms with Crippen molar-refractivity contribution < 1.29 is 28.6 Å². The van der Waals surface area contributed by atoms with E-state index in [0.29, 0.717) is 6.04 Å². The van der Waals surface area contributed by atoms with Crippen LogP contribution in [-0.4, -0.2) is 71.5 Å². The third-order valence-electron chi connectivity index (χ3n) is 7.56. The topological polar surface area (TPSA) is 115 Å². The van der Waals surface area contributed by atoms with Gasteiger partial charge in [0.25, 0.3) is 0 Å². The van der Waals surface area contributed by atoms with Crippen LogP contribution in [0.3, 0.4) is 0 Å². The number of ether oxygens (including phenoxy) is 3. The van der Waals surface area contributed by atoms with E-state index in [2.05, 4.69) is 36.7 Å². The summed E-state index contributed by atoms with van der Waals surface area (Å²) in [7, 11) is 0. The van der Waals surface area contributed by atoms with E-state index >= 15 is 0 Å². The van der Waals surface area contributed by atoms with Crippen LogP contribution in [0, 0.1) is 0 Å². The highest BCUT2D eigenvalue weighted by molar-refractivity contribution is 5.76. The summed E-state index contributed by atoms with van der Waals surface area (Å²) >= 11 is 0. The average Bonchev–Trinajstić information content (AvgIpc) is 3.43. The molecule has 0 amide bonds. The quantitative estimate of drug-likeness (QED) is 0.153. The molecule has 0 aromatic carbocycles. The summed E-state index contributed by atoms with van der Waals surface area (Å²) in [4.78, 5) is 35.0. The van der Waals surface area contributed by atoms with Crippen molar-refractivity contribution in [1.29, 1.82) is 0 Å². The Hall–Kier alpha value is -1.71. The molecule has 0 saturated heterocycles. The Balaban J connectivity index is 0.000000647. The Kier molecular flexibility index (Phi) is 21.1. The van der Waals surface area contributed by atoms with Crippen LogP contribution < -0.4 is 16.0 Å². The molecule has 45 heavy (non-hydrogen) atoms. The van der Waals surface area contributed by atoms with Gasteiger partial charge in [0.2, 0.25) is 0 Å². The van der Waals surface area contributed by atoms with E-state index in [9.17, 15) is 14.4 Å². The van der Waals surface area contributed by atoms with Crippen molar-refractivity contribution >= 4 is 17.9 Å². The van der Waals surface area contributed by atoms with Crippen molar-refractivity contribution in [2.45, 2.75) is 214 Å². The van der Waals surface area contributed by atoms with Crippen LogP contribution in [0.25, 0.3) is 0 Å². The summed E-state index contributed by atoms with van der Waals surface area (Å²) in [6, 6.07) is -0.345. The standard InChI is InChI=1S/C13H25NO2.C12H23NO2.C11H23NO2/c1-10(14-13(2,3)4)12(15)16-11-8-6-5-7-9-11;1-9(13-12(2,3)4)11(14)15-10-7-5-6-8-10;1-6-10(7-2)14-11(13)9(5)12-8(3)4/h10-11,14H,5-9H2,1-4H3;9-10,13H,5-8H2,1-4H3;8-10,12H,6-7H2,1-5H3/t10-;2*9-/m000/s1. The highest BCUT2D eigenvalue weighted by atomic mass is 16.6. The Morgan fingerprint density at radius 3 is 1.27 bits per heavy atom. The molecule has 2 saturated carbocycles. The maximum Gasteiger partial charge on any atom is 0.323 e. The molecule has 9 nitrogen and oxygen atoms in total. The van der Waals surface area contributed by atoms with Crippen LogP contribution >= 0.6 is 0 Å². The van der Waals surface area contributed by atoms with Gasteiger partial charge in [-0.2, -0.15) is 0 Å². The smallest absolute Gasteiger partial charge is 0.323 e. The van der Waals surface area contributed by atoms with Gasteiger partial charge < -0.3 is 19.5 Å². The van der Waals surface area contributed by atoms with Gasteiger partial charge in [-0.3, -0.25) is 25.0 Å². The highest BCUT2D eigenvalue weighted by Crippen LogP contribution is 2.22. The molecular weight excluding hydrogens is 570 g/mol. The lowest BCUT2D eigenvalue weighted by Gasteiger charge is -2.27. The van der Waals surface area contributed by atoms with E-state index < -0.39 is 0 Å². The summed E-state index contributed by atoms with van der Waals surface area (Å²) in [5.41, 5.74) is -0.0981. The van der Waals surface area contributed by atoms with E-state index in [4.69, 9.17) is 14.2 Å². The second kappa shape index (κ2) is 22.0. The lowest BCUT2D eigenvalue weighted by Crippen LogP contribution is -2.47. The van der Waals surface area contributed by atoms with E-state index in [1.807, 2.05) is 69.2 Å². The molecule has 0 aliphatic heterocycles. The van der Waals surface area contributed by atoms with Crippen LogP contribution in [-0.2, 0) is 28.6 Å². The Labute approximate surface area is 276 Å². The molecular formula is C36H71N3O6. The minimum Gasteiger partial charge on any atom is -0.461 e. The fourth-order valence-corrected chi connectivity index (χ4v) is 5.43. The van der Waals surface area contributed by atoms with Crippen LogP contribution in [0.1, 0.15) is 161 Å². The summed E-state index contributed by atoms with van der Waals surface area (Å²) in [5.74, 6) is -0.369. The fourth-order valence-electron chi connectivity index (χ4n) is 5.43. The number of carbonyl (C=O) groups excluding carboxylic acids is 3. The SMILES string of the molecule is CCC(CC)OC(=O)[C@H](C)NC(C)C.C[C@H](NC(C)(C)C)C(=O)OC1CCCC1.C[C@H](NC(C)(C)C)C(=O)OC1CCCCC1. The van der Waals surface area contributed by atoms with Gasteiger partial charge >= 0.3 is 17.9 Å². The Bertz CT molecular complexity index is 820. The summed E-state index contributed by atoms with van der Waals surface area (Å²) < 4.78 is 16.2. The molecule has 0 bridgehead atoms. The molecule has 0 radical (unpaired) electrons. The number of rotatable bonds is 12. The molecule has 2 aliphatic carbocycles. The zero-order chi connectivity index (χ0) is 34.8. The molecule has 2 aliphatic rings. The lowest BCUT2D eigenvalue weighted by molar-refractivity contribution is -0.153. The van der Waals surface area contributed by atoms with Crippen LogP contribution in [0.4, 0.5) is 0 Å². The van der Waals surface area contributed by atoms with Crippen molar-refractivity contribution in [1.82, 2.24) is 16.0 Å². The van der Waals surface area contributed by atoms with Crippen molar-refractivity contribution in [3.05, 3.63) is 0 Å². The molecule has 3 N–H and O–H groups in total. The molecule has 0 aromatic rings. The van der Waals surface area contributed by atoms with Gasteiger partial charge in [0.1, 0.15) is 36.4 Å². The molecule has 0 aromatic heterocycles. The van der Waals surface area contributed by atoms with Crippen LogP contribution in [0.5, 0.6) is 0 Å². The molecule has 2 rings (SSSR count). The van der Waals surface area contributed by atoms with Gasteiger partial charge in [0.15, 0.2) is 0 Å². The van der Waals surface area contributed by atoms with Gasteiger partial charge in [-0.15, -0.1) is 0 Å². The number of hydrogen-bond acceptors (Lipinski definition) is 9. The average molecular weight is 642 g/mol. The molecule has 0 spiro atoms. The maximum atomic E-state index is 11.8. The number of esters is 3. The fraction of sp³-hybridized carbons (Fsp3) is 0.917. The number of nitrogens with one attached hydrogen (secondary N) is 3. The van der Waals surface area contributed by atoms with E-state index in [-0.39, 0.29) is 65.4 Å². The van der Waals surface area contributed by atoms with Crippen molar-refractivity contribution in [2.24, 2.45) is 0 Å². The molecule has 0 unspecified atom stereocenters. The number of carbonyl (C=O) groups is 3. The zero-order valence-electron chi connectivity index (χ0n) is 31.3. The third-order valence-corrected chi connectivity index (χ3v) is 7.56. The molecule has 0 heterocycles. The predicted molar refractivity (Wildman–Crippen MR) is 184 cm³/mol. The summed E-state index contributed by atoms with van der Waals surface area (Å²) in [5, 5.41) is 9.57. The van der Waals surface area contributed by atoms with Crippen LogP contribution in [0.2, 0.25) is 0 Å². The van der Waals surface area contributed by atoms with E-state index in [1.54, 1.807) is 0 Å². The zero-order valence-corrected chi connectivity index (χ0v) is 31.3. The van der Waals surface area contributed by atoms with Gasteiger partial charge in [-0.25, -0.2) is 0 Å². The first kappa shape index (κ1) is 43.3. The normalized spacial score (nSPS) is 18.2. The minimum atomic E-state index is -0.220. The van der Waals surface area contributed by atoms with Crippen molar-refractivity contribution in [3.8, 4) is 0 Å². The minimum absolute atomic E-state index is 0.0475. The van der Waals surface area contributed by atoms with E-state index in [0.717, 1.165) is 38.5 Å². The second-order valence-corrected chi connectivity index (χ2v) is 15.2. The molecule has 2 fully saturated rings. The monoisotopic (exact) mass is 642 g/mol. The van der Waals surface area contributed by atoms with Gasteiger partial charge in [0, 0.05) is 17.1 Å². The first-order chi connectivity index (χ1) is 20.8. The van der Waals surface area contributed by atoms with Crippen molar-refractivity contribution in [2.75, 3.05) is 0 Å². The summed E-state index contributed by atoms with van der Waals surface area (Å²) in [6.45, 7) is 26.0. The Morgan fingerprint density at radius 1 is 0.600 bits per heavy atom. The first-order valence-corrected chi connectivity index (χ1v) is 17.7. The van der Waals surface area contributed by atoms with Crippen molar-refractivity contribution in [3.63, 3.8) is 0 Å². The molecule has 266 valence electrons. The largest absolute Gasteiger partial charge is 0.461 e. The molecule has 9 heteroatoms. The van der Waals surface area contributed by atoms with Gasteiger partial charge in [-0.05, 0) is 127 Å².